The molecule has 4 aliphatic rings. The number of hydrogen-bond acceptors (Lipinski definition) is 18. The molecule has 0 spiro atoms. The van der Waals surface area contributed by atoms with Crippen LogP contribution in [0.3, 0.4) is 0 Å². The second-order valence-corrected chi connectivity index (χ2v) is 19.4. The highest BCUT2D eigenvalue weighted by atomic mass is 32.2. The number of rotatable bonds is 14. The minimum Gasteiger partial charge on any atom is -0.543 e. The lowest BCUT2D eigenvalue weighted by molar-refractivity contribution is -0.689. The monoisotopic (exact) mass is 928 g/mol. The number of carboxylic acid groups (broad SMARTS) is 3. The van der Waals surface area contributed by atoms with E-state index in [-0.39, 0.29) is 28.8 Å². The molecule has 3 amide bonds. The number of sulfone groups is 1. The molecule has 7 rings (SSSR count). The zero-order chi connectivity index (χ0) is 46.2. The van der Waals surface area contributed by atoms with Crippen LogP contribution in [-0.2, 0) is 54.8 Å². The van der Waals surface area contributed by atoms with E-state index >= 15 is 0 Å². The van der Waals surface area contributed by atoms with Gasteiger partial charge in [0.05, 0.1) is 24.0 Å². The summed E-state index contributed by atoms with van der Waals surface area (Å²) in [6.45, 7) is 3.92. The van der Waals surface area contributed by atoms with Crippen LogP contribution in [0.1, 0.15) is 38.1 Å². The number of nitrogen functional groups attached to an aromatic ring is 1. The van der Waals surface area contributed by atoms with E-state index in [4.69, 9.17) is 10.6 Å². The number of nitrogens with two attached hydrogens (primary N) is 1. The number of hydrogen-bond donors (Lipinski definition) is 5. The Hall–Kier alpha value is -6.44. The number of aliphatic hydroxyl groups is 1. The molecule has 2 aromatic heterocycles. The Morgan fingerprint density at radius 3 is 2.35 bits per heavy atom. The molecule has 3 saturated heterocycles. The van der Waals surface area contributed by atoms with Crippen molar-refractivity contribution in [3.63, 3.8) is 0 Å². The largest absolute Gasteiger partial charge is 0.543 e. The number of thioether (sulfide) groups is 1. The number of aliphatic hydroxyl groups excluding tert-OH is 1. The van der Waals surface area contributed by atoms with Crippen LogP contribution in [0.15, 0.2) is 87.9 Å². The molecule has 7 atom stereocenters. The minimum atomic E-state index is -4.19. The van der Waals surface area contributed by atoms with Crippen molar-refractivity contribution in [3.05, 3.63) is 88.8 Å². The van der Waals surface area contributed by atoms with Gasteiger partial charge in [-0.05, 0) is 26.3 Å². The van der Waals surface area contributed by atoms with Crippen molar-refractivity contribution in [2.45, 2.75) is 66.6 Å². The van der Waals surface area contributed by atoms with E-state index in [1.807, 2.05) is 6.07 Å². The molecule has 4 aliphatic heterocycles. The Morgan fingerprint density at radius 2 is 1.78 bits per heavy atom. The topological polar surface area (TPSA) is 325 Å². The lowest BCUT2D eigenvalue weighted by atomic mass is 9.85. The van der Waals surface area contributed by atoms with Crippen molar-refractivity contribution < 1.29 is 71.9 Å². The molecular formula is C38H40N8O14S3. The number of carbonyl (C=O) groups excluding carboxylic acids is 4. The third-order valence-corrected chi connectivity index (χ3v) is 15.3. The number of pyridine rings is 1. The fourth-order valence-corrected chi connectivity index (χ4v) is 11.5. The fraction of sp³-hybridized carbons (Fsp3) is 0.368. The number of carboxylic acids is 3. The Bertz CT molecular complexity index is 2540. The summed E-state index contributed by atoms with van der Waals surface area (Å²) in [5.74, 6) is -7.48. The molecule has 25 heteroatoms. The first-order valence-corrected chi connectivity index (χ1v) is 22.1. The van der Waals surface area contributed by atoms with E-state index in [9.17, 15) is 57.6 Å². The van der Waals surface area contributed by atoms with Gasteiger partial charge in [-0.2, -0.15) is 0 Å². The number of anilines is 1. The third kappa shape index (κ3) is 8.42. The molecule has 6 heterocycles. The second-order valence-electron chi connectivity index (χ2n) is 15.0. The number of amides is 3. The first-order valence-electron chi connectivity index (χ1n) is 18.6. The third-order valence-electron chi connectivity index (χ3n) is 10.5. The summed E-state index contributed by atoms with van der Waals surface area (Å²) >= 11 is 2.32. The Morgan fingerprint density at radius 1 is 1.13 bits per heavy atom. The zero-order valence-electron chi connectivity index (χ0n) is 33.6. The number of nitrogens with one attached hydrogen (secondary N) is 1. The average molecular weight is 929 g/mol. The van der Waals surface area contributed by atoms with Gasteiger partial charge in [0.2, 0.25) is 11.5 Å². The molecule has 334 valence electrons. The standard InChI is InChI=1S/C22H22N6O7S2.C16H18N2O7S/c1-22(2,20(33)34)35-26-13(12-10-37-21(23)24-12)16(29)25-14-17(30)28-15(19(31)32)11(9-36-18(14)28)8-27-6-4-3-5-7-27;1-16(8-17-25-2)12(15(21)22)18-13(20)10(14(18)26(16,23)24)11(19)9-6-4-3-5-7-9/h3-7,10,14,18H,8-9H2,1-2H3,(H4-,23,24,25,29,31,32,33,34);3-8,10-12,14,19H,1-2H3,(H,21,22)/b26-13-;17-8+/t;10-,11+,12+,14-,16+/m.1/s1. The number of oxime groups is 2. The number of thiazole rings is 1. The van der Waals surface area contributed by atoms with Gasteiger partial charge >= 0.3 is 11.9 Å². The summed E-state index contributed by atoms with van der Waals surface area (Å²) in [5.41, 5.74) is 4.21. The first kappa shape index (κ1) is 46.1. The van der Waals surface area contributed by atoms with Crippen LogP contribution in [0.25, 0.3) is 0 Å². The summed E-state index contributed by atoms with van der Waals surface area (Å²) in [7, 11) is -3.00. The van der Waals surface area contributed by atoms with Crippen molar-refractivity contribution in [1.29, 1.82) is 0 Å². The normalized spacial score (nSPS) is 25.4. The molecule has 0 saturated carbocycles. The zero-order valence-corrected chi connectivity index (χ0v) is 36.1. The maximum absolute atomic E-state index is 13.1. The molecule has 22 nitrogen and oxygen atoms in total. The van der Waals surface area contributed by atoms with Crippen LogP contribution in [0, 0.1) is 5.92 Å². The molecule has 6 N–H and O–H groups in total. The number of carbonyl (C=O) groups is 6. The van der Waals surface area contributed by atoms with Gasteiger partial charge in [0.15, 0.2) is 51.0 Å². The van der Waals surface area contributed by atoms with Crippen molar-refractivity contribution in [3.8, 4) is 0 Å². The molecule has 2 unspecified atom stereocenters. The molecule has 0 radical (unpaired) electrons. The van der Waals surface area contributed by atoms with E-state index in [0.717, 1.165) is 27.4 Å². The van der Waals surface area contributed by atoms with Crippen LogP contribution in [0.2, 0.25) is 0 Å². The van der Waals surface area contributed by atoms with Crippen LogP contribution in [0.4, 0.5) is 5.13 Å². The van der Waals surface area contributed by atoms with Crippen molar-refractivity contribution in [2.75, 3.05) is 18.6 Å². The van der Waals surface area contributed by atoms with E-state index in [1.165, 1.54) is 45.0 Å². The van der Waals surface area contributed by atoms with E-state index < -0.39 is 90.7 Å². The van der Waals surface area contributed by atoms with Gasteiger partial charge in [-0.3, -0.25) is 19.3 Å². The van der Waals surface area contributed by atoms with Gasteiger partial charge in [-0.1, -0.05) is 46.7 Å². The maximum Gasteiger partial charge on any atom is 0.350 e. The minimum absolute atomic E-state index is 0.0265. The predicted octanol–water partition coefficient (Wildman–Crippen LogP) is -1.52. The Kier molecular flexibility index (Phi) is 13.0. The lowest BCUT2D eigenvalue weighted by Gasteiger charge is -2.50. The SMILES string of the molecule is CC(C)(O/N=C(\C(=O)NC1C(=O)N2C(C(=O)[O-])=C(C[n+]3ccccc3)CSC12)c1csc(N)n1)C(=O)O.CO/N=C/[C@@]1(C)[C@H](C(=O)O)N2C(=O)[C@@H]([C@@H](O)c3ccccc3)[C@H]2S1(=O)=O. The maximum atomic E-state index is 13.1. The highest BCUT2D eigenvalue weighted by molar-refractivity contribution is 8.00. The van der Waals surface area contributed by atoms with Crippen molar-refractivity contribution >= 4 is 85.6 Å². The quantitative estimate of drug-likeness (QED) is 0.0530. The average Bonchev–Trinajstić information content (AvgIpc) is 3.73. The smallest absolute Gasteiger partial charge is 0.350 e. The highest BCUT2D eigenvalue weighted by Crippen LogP contribution is 2.51. The van der Waals surface area contributed by atoms with Gasteiger partial charge in [-0.15, -0.1) is 23.1 Å². The van der Waals surface area contributed by atoms with Crippen molar-refractivity contribution in [2.24, 2.45) is 16.2 Å². The molecule has 3 aromatic rings. The predicted molar refractivity (Wildman–Crippen MR) is 219 cm³/mol. The Labute approximate surface area is 366 Å². The number of fused-ring (bicyclic) bond motifs is 2. The first-order chi connectivity index (χ1) is 29.7. The van der Waals surface area contributed by atoms with Crippen LogP contribution >= 0.6 is 23.1 Å². The Balaban J connectivity index is 0.000000223. The summed E-state index contributed by atoms with van der Waals surface area (Å²) in [4.78, 5) is 89.3. The number of aromatic nitrogens is 2. The van der Waals surface area contributed by atoms with Crippen LogP contribution < -0.4 is 20.7 Å². The molecule has 63 heavy (non-hydrogen) atoms. The summed E-state index contributed by atoms with van der Waals surface area (Å²) < 4.78 is 26.0. The van der Waals surface area contributed by atoms with Gasteiger partial charge in [0.1, 0.15) is 34.9 Å². The summed E-state index contributed by atoms with van der Waals surface area (Å²) in [5, 5.41) is 50.4. The molecule has 0 bridgehead atoms. The van der Waals surface area contributed by atoms with Crippen LogP contribution in [-0.4, -0.2) is 132 Å². The van der Waals surface area contributed by atoms with E-state index in [1.54, 1.807) is 59.4 Å². The van der Waals surface area contributed by atoms with Crippen LogP contribution in [0.5, 0.6) is 0 Å². The number of aliphatic carboxylic acids is 3. The fourth-order valence-electron chi connectivity index (χ4n) is 7.20. The van der Waals surface area contributed by atoms with E-state index in [0.29, 0.717) is 16.9 Å². The summed E-state index contributed by atoms with van der Waals surface area (Å²) in [6, 6.07) is 10.9. The second kappa shape index (κ2) is 17.7. The van der Waals surface area contributed by atoms with Crippen molar-refractivity contribution in [1.82, 2.24) is 20.1 Å². The molecule has 3 fully saturated rings. The summed E-state index contributed by atoms with van der Waals surface area (Å²) in [6.07, 6.45) is 3.07. The number of benzene rings is 1. The van der Waals surface area contributed by atoms with Gasteiger partial charge in [0.25, 0.3) is 11.8 Å². The lowest BCUT2D eigenvalue weighted by Crippen LogP contribution is -2.71. The molecule has 0 aliphatic carbocycles. The van der Waals surface area contributed by atoms with Gasteiger partial charge in [-0.25, -0.2) is 27.6 Å². The molecule has 1 aromatic carbocycles. The van der Waals surface area contributed by atoms with Gasteiger partial charge in [0, 0.05) is 28.8 Å². The van der Waals surface area contributed by atoms with Gasteiger partial charge < -0.3 is 50.8 Å². The van der Waals surface area contributed by atoms with E-state index in [2.05, 4.69) is 25.4 Å². The highest BCUT2D eigenvalue weighted by Gasteiger charge is 2.74. The number of β-lactam (4-membered cyclic amide) rings is 2. The number of nitrogens with zero attached hydrogens (tertiary/aromatic N) is 6. The molecular weight excluding hydrogens is 889 g/mol.